The monoisotopic (exact) mass is 342 g/mol. The molecule has 1 aliphatic heterocycles. The van der Waals surface area contributed by atoms with E-state index in [1.165, 1.54) is 38.9 Å². The zero-order valence-electron chi connectivity index (χ0n) is 12.2. The SMILES string of the molecule is CC(CNCc1ccc(Br)c(F)c1)CN1CCCCC1. The van der Waals surface area contributed by atoms with Crippen molar-refractivity contribution in [3.63, 3.8) is 0 Å². The Kier molecular flexibility index (Phi) is 6.46. The molecule has 0 aliphatic carbocycles. The Bertz CT molecular complexity index is 419. The first-order valence-corrected chi connectivity index (χ1v) is 8.31. The van der Waals surface area contributed by atoms with Gasteiger partial charge in [0.2, 0.25) is 0 Å². The lowest BCUT2D eigenvalue weighted by atomic mass is 10.1. The highest BCUT2D eigenvalue weighted by Gasteiger charge is 2.13. The third kappa shape index (κ3) is 5.15. The molecule has 2 rings (SSSR count). The van der Waals surface area contributed by atoms with Crippen LogP contribution < -0.4 is 5.32 Å². The van der Waals surface area contributed by atoms with Gasteiger partial charge in [-0.2, -0.15) is 0 Å². The predicted octanol–water partition coefficient (Wildman–Crippen LogP) is 3.80. The van der Waals surface area contributed by atoms with Crippen LogP contribution in [0.15, 0.2) is 22.7 Å². The van der Waals surface area contributed by atoms with Crippen molar-refractivity contribution in [3.05, 3.63) is 34.1 Å². The topological polar surface area (TPSA) is 15.3 Å². The van der Waals surface area contributed by atoms with E-state index < -0.39 is 0 Å². The maximum Gasteiger partial charge on any atom is 0.137 e. The quantitative estimate of drug-likeness (QED) is 0.845. The molecule has 1 N–H and O–H groups in total. The molecule has 0 bridgehead atoms. The predicted molar refractivity (Wildman–Crippen MR) is 85.3 cm³/mol. The number of nitrogens with one attached hydrogen (secondary N) is 1. The summed E-state index contributed by atoms with van der Waals surface area (Å²) in [6, 6.07) is 5.31. The van der Waals surface area contributed by atoms with Crippen LogP contribution in [0, 0.1) is 11.7 Å². The van der Waals surface area contributed by atoms with Gasteiger partial charge in [-0.05, 0) is 72.0 Å². The summed E-state index contributed by atoms with van der Waals surface area (Å²) in [5.41, 5.74) is 0.996. The largest absolute Gasteiger partial charge is 0.312 e. The zero-order valence-corrected chi connectivity index (χ0v) is 13.8. The van der Waals surface area contributed by atoms with Gasteiger partial charge in [0.1, 0.15) is 5.82 Å². The molecule has 0 amide bonds. The van der Waals surface area contributed by atoms with Crippen LogP contribution in [0.25, 0.3) is 0 Å². The van der Waals surface area contributed by atoms with Crippen LogP contribution in [0.3, 0.4) is 0 Å². The lowest BCUT2D eigenvalue weighted by Gasteiger charge is -2.29. The van der Waals surface area contributed by atoms with Crippen LogP contribution in [-0.2, 0) is 6.54 Å². The van der Waals surface area contributed by atoms with Crippen LogP contribution in [0.5, 0.6) is 0 Å². The van der Waals surface area contributed by atoms with Crippen LogP contribution in [0.1, 0.15) is 31.7 Å². The third-order valence-corrected chi connectivity index (χ3v) is 4.47. The molecule has 1 unspecified atom stereocenters. The second kappa shape index (κ2) is 8.11. The van der Waals surface area contributed by atoms with Crippen LogP contribution >= 0.6 is 15.9 Å². The number of rotatable bonds is 6. The summed E-state index contributed by atoms with van der Waals surface area (Å²) in [5, 5.41) is 3.43. The summed E-state index contributed by atoms with van der Waals surface area (Å²) in [5.74, 6) is 0.444. The van der Waals surface area contributed by atoms with E-state index >= 15 is 0 Å². The highest BCUT2D eigenvalue weighted by Crippen LogP contribution is 2.16. The molecule has 1 saturated heterocycles. The molecule has 2 nitrogen and oxygen atoms in total. The Morgan fingerprint density at radius 3 is 2.75 bits per heavy atom. The van der Waals surface area contributed by atoms with E-state index in [2.05, 4.69) is 33.1 Å². The van der Waals surface area contributed by atoms with E-state index in [9.17, 15) is 4.39 Å². The molecule has 1 heterocycles. The zero-order chi connectivity index (χ0) is 14.4. The minimum atomic E-state index is -0.189. The van der Waals surface area contributed by atoms with Gasteiger partial charge in [0.25, 0.3) is 0 Å². The number of benzene rings is 1. The van der Waals surface area contributed by atoms with E-state index in [0.717, 1.165) is 18.7 Å². The molecule has 0 spiro atoms. The first kappa shape index (κ1) is 15.9. The van der Waals surface area contributed by atoms with E-state index in [1.807, 2.05) is 6.07 Å². The lowest BCUT2D eigenvalue weighted by Crippen LogP contribution is -2.36. The maximum atomic E-state index is 13.4. The van der Waals surface area contributed by atoms with Gasteiger partial charge in [-0.25, -0.2) is 4.39 Å². The molecule has 4 heteroatoms. The fraction of sp³-hybridized carbons (Fsp3) is 0.625. The van der Waals surface area contributed by atoms with Gasteiger partial charge >= 0.3 is 0 Å². The van der Waals surface area contributed by atoms with Crippen molar-refractivity contribution in [2.45, 2.75) is 32.7 Å². The molecule has 0 aromatic heterocycles. The summed E-state index contributed by atoms with van der Waals surface area (Å²) >= 11 is 3.18. The standard InChI is InChI=1S/C16H24BrFN2/c1-13(12-20-7-3-2-4-8-20)10-19-11-14-5-6-15(17)16(18)9-14/h5-6,9,13,19H,2-4,7-8,10-12H2,1H3. The molecular weight excluding hydrogens is 319 g/mol. The fourth-order valence-corrected chi connectivity index (χ4v) is 3.01. The molecule has 1 atom stereocenters. The molecule has 0 saturated carbocycles. The number of likely N-dealkylation sites (tertiary alicyclic amines) is 1. The Morgan fingerprint density at radius 2 is 2.05 bits per heavy atom. The van der Waals surface area contributed by atoms with E-state index in [0.29, 0.717) is 10.4 Å². The molecule has 0 radical (unpaired) electrons. The second-order valence-electron chi connectivity index (χ2n) is 5.85. The van der Waals surface area contributed by atoms with Crippen molar-refractivity contribution in [1.29, 1.82) is 0 Å². The minimum absolute atomic E-state index is 0.189. The molecule has 1 fully saturated rings. The summed E-state index contributed by atoms with van der Waals surface area (Å²) in [4.78, 5) is 2.56. The second-order valence-corrected chi connectivity index (χ2v) is 6.70. The summed E-state index contributed by atoms with van der Waals surface area (Å²) in [7, 11) is 0. The normalized spacial score (nSPS) is 18.1. The highest BCUT2D eigenvalue weighted by atomic mass is 79.9. The van der Waals surface area contributed by atoms with E-state index in [-0.39, 0.29) is 5.82 Å². The average molecular weight is 343 g/mol. The minimum Gasteiger partial charge on any atom is -0.312 e. The number of nitrogens with zero attached hydrogens (tertiary/aromatic N) is 1. The average Bonchev–Trinajstić information content (AvgIpc) is 2.44. The Hall–Kier alpha value is -0.450. The van der Waals surface area contributed by atoms with Gasteiger partial charge in [0.05, 0.1) is 4.47 Å². The van der Waals surface area contributed by atoms with Crippen molar-refractivity contribution in [1.82, 2.24) is 10.2 Å². The first-order chi connectivity index (χ1) is 9.65. The number of piperidine rings is 1. The molecule has 112 valence electrons. The first-order valence-electron chi connectivity index (χ1n) is 7.52. The van der Waals surface area contributed by atoms with Crippen LogP contribution in [0.4, 0.5) is 4.39 Å². The Labute approximate surface area is 129 Å². The van der Waals surface area contributed by atoms with Gasteiger partial charge in [-0.1, -0.05) is 19.4 Å². The molecule has 1 aromatic carbocycles. The summed E-state index contributed by atoms with van der Waals surface area (Å²) in [6.07, 6.45) is 4.08. The number of hydrogen-bond donors (Lipinski definition) is 1. The van der Waals surface area contributed by atoms with Crippen molar-refractivity contribution in [2.75, 3.05) is 26.2 Å². The number of halogens is 2. The van der Waals surface area contributed by atoms with Crippen molar-refractivity contribution in [3.8, 4) is 0 Å². The van der Waals surface area contributed by atoms with Crippen molar-refractivity contribution >= 4 is 15.9 Å². The molecule has 1 aromatic rings. The summed E-state index contributed by atoms with van der Waals surface area (Å²) < 4.78 is 13.9. The smallest absolute Gasteiger partial charge is 0.137 e. The summed E-state index contributed by atoms with van der Waals surface area (Å²) in [6.45, 7) is 7.67. The molecule has 1 aliphatic rings. The molecule has 20 heavy (non-hydrogen) atoms. The van der Waals surface area contributed by atoms with Gasteiger partial charge < -0.3 is 10.2 Å². The van der Waals surface area contributed by atoms with Crippen LogP contribution in [0.2, 0.25) is 0 Å². The third-order valence-electron chi connectivity index (χ3n) is 3.82. The number of hydrogen-bond acceptors (Lipinski definition) is 2. The Balaban J connectivity index is 1.67. The fourth-order valence-electron chi connectivity index (χ4n) is 2.76. The van der Waals surface area contributed by atoms with Gasteiger partial charge in [0.15, 0.2) is 0 Å². The molecular formula is C16H24BrFN2. The van der Waals surface area contributed by atoms with Crippen LogP contribution in [-0.4, -0.2) is 31.1 Å². The van der Waals surface area contributed by atoms with Crippen molar-refractivity contribution in [2.24, 2.45) is 5.92 Å². The van der Waals surface area contributed by atoms with E-state index in [1.54, 1.807) is 12.1 Å². The van der Waals surface area contributed by atoms with Gasteiger partial charge in [-0.3, -0.25) is 0 Å². The lowest BCUT2D eigenvalue weighted by molar-refractivity contribution is 0.199. The van der Waals surface area contributed by atoms with Crippen molar-refractivity contribution < 1.29 is 4.39 Å². The van der Waals surface area contributed by atoms with E-state index in [4.69, 9.17) is 0 Å². The van der Waals surface area contributed by atoms with Gasteiger partial charge in [0, 0.05) is 13.1 Å². The Morgan fingerprint density at radius 1 is 1.30 bits per heavy atom. The van der Waals surface area contributed by atoms with Gasteiger partial charge in [-0.15, -0.1) is 0 Å². The highest BCUT2D eigenvalue weighted by molar-refractivity contribution is 9.10. The maximum absolute atomic E-state index is 13.4.